The maximum Gasteiger partial charge on any atom is 0.142 e. The molecule has 4 heteroatoms. The van der Waals surface area contributed by atoms with E-state index in [2.05, 4.69) is 23.7 Å². The minimum Gasteiger partial charge on any atom is -0.494 e. The Kier molecular flexibility index (Phi) is 6.15. The van der Waals surface area contributed by atoms with Crippen molar-refractivity contribution in [3.8, 4) is 29.4 Å². The Morgan fingerprint density at radius 2 is 1.22 bits per heavy atom. The Hall–Kier alpha value is -4.15. The van der Waals surface area contributed by atoms with Gasteiger partial charge in [-0.1, -0.05) is 35.8 Å². The first-order valence-corrected chi connectivity index (χ1v) is 9.97. The van der Waals surface area contributed by atoms with Gasteiger partial charge in [-0.2, -0.15) is 0 Å². The minimum absolute atomic E-state index is 0.203. The van der Waals surface area contributed by atoms with Crippen LogP contribution < -0.4 is 4.74 Å². The van der Waals surface area contributed by atoms with Crippen molar-refractivity contribution >= 4 is 10.8 Å². The zero-order chi connectivity index (χ0) is 22.5. The SMILES string of the molecule is CCOc1ccc(C#Cc2ccc(C#Cc3ccc4cc(F)ccc4c3)c(F)c2)c(F)c1. The lowest BCUT2D eigenvalue weighted by atomic mass is 10.1. The second-order valence-corrected chi connectivity index (χ2v) is 6.98. The van der Waals surface area contributed by atoms with Crippen molar-refractivity contribution in [1.82, 2.24) is 0 Å². The summed E-state index contributed by atoms with van der Waals surface area (Å²) >= 11 is 0. The monoisotopic (exact) mass is 426 g/mol. The highest BCUT2D eigenvalue weighted by Gasteiger charge is 2.03. The molecule has 1 nitrogen and oxygen atoms in total. The predicted molar refractivity (Wildman–Crippen MR) is 120 cm³/mol. The maximum atomic E-state index is 14.5. The van der Waals surface area contributed by atoms with E-state index in [1.165, 1.54) is 36.4 Å². The van der Waals surface area contributed by atoms with Gasteiger partial charge in [-0.3, -0.25) is 0 Å². The van der Waals surface area contributed by atoms with Crippen LogP contribution >= 0.6 is 0 Å². The Balaban J connectivity index is 1.54. The van der Waals surface area contributed by atoms with Crippen molar-refractivity contribution < 1.29 is 17.9 Å². The molecule has 0 bridgehead atoms. The summed E-state index contributed by atoms with van der Waals surface area (Å²) in [6, 6.07) is 18.8. The topological polar surface area (TPSA) is 9.23 Å². The Labute approximate surface area is 184 Å². The second kappa shape index (κ2) is 9.33. The van der Waals surface area contributed by atoms with Gasteiger partial charge in [-0.25, -0.2) is 13.2 Å². The third kappa shape index (κ3) is 4.94. The first kappa shape index (κ1) is 21.1. The lowest BCUT2D eigenvalue weighted by molar-refractivity contribution is 0.338. The van der Waals surface area contributed by atoms with Crippen LogP contribution in [0.1, 0.15) is 29.2 Å². The van der Waals surface area contributed by atoms with Gasteiger partial charge in [-0.05, 0) is 72.3 Å². The summed E-state index contributed by atoms with van der Waals surface area (Å²) in [4.78, 5) is 0. The molecule has 0 spiro atoms. The fourth-order valence-corrected chi connectivity index (χ4v) is 3.12. The average molecular weight is 426 g/mol. The standard InChI is InChI=1S/C28H17F3O/c1-2-32-26-14-12-22(28(31)18-26)9-5-20-4-8-21(27(30)16-20)7-3-19-6-10-24-17-25(29)13-11-23(24)15-19/h4,6,8,10-18H,2H2,1H3. The van der Waals surface area contributed by atoms with Gasteiger partial charge in [0, 0.05) is 17.2 Å². The normalized spacial score (nSPS) is 10.1. The highest BCUT2D eigenvalue weighted by atomic mass is 19.1. The largest absolute Gasteiger partial charge is 0.494 e. The molecule has 0 fully saturated rings. The number of ether oxygens (including phenoxy) is 1. The van der Waals surface area contributed by atoms with Crippen LogP contribution in [0.25, 0.3) is 10.8 Å². The van der Waals surface area contributed by atoms with Gasteiger partial charge in [0.1, 0.15) is 23.2 Å². The summed E-state index contributed by atoms with van der Waals surface area (Å²) in [6.07, 6.45) is 0. The highest BCUT2D eigenvalue weighted by Crippen LogP contribution is 2.18. The molecule has 0 amide bonds. The molecule has 0 saturated carbocycles. The number of hydrogen-bond acceptors (Lipinski definition) is 1. The van der Waals surface area contributed by atoms with Crippen LogP contribution in [0.4, 0.5) is 13.2 Å². The summed E-state index contributed by atoms with van der Waals surface area (Å²) in [6.45, 7) is 2.26. The molecule has 0 aliphatic carbocycles. The van der Waals surface area contributed by atoms with Gasteiger partial charge < -0.3 is 4.74 Å². The summed E-state index contributed by atoms with van der Waals surface area (Å²) in [7, 11) is 0. The molecule has 4 aromatic carbocycles. The molecular weight excluding hydrogens is 409 g/mol. The van der Waals surface area contributed by atoms with Gasteiger partial charge in [-0.15, -0.1) is 0 Å². The van der Waals surface area contributed by atoms with E-state index < -0.39 is 11.6 Å². The molecule has 0 saturated heterocycles. The van der Waals surface area contributed by atoms with Crippen LogP contribution in [0.3, 0.4) is 0 Å². The zero-order valence-corrected chi connectivity index (χ0v) is 17.2. The van der Waals surface area contributed by atoms with E-state index in [-0.39, 0.29) is 16.9 Å². The van der Waals surface area contributed by atoms with Gasteiger partial charge in [0.15, 0.2) is 0 Å². The molecule has 0 radical (unpaired) electrons. The van der Waals surface area contributed by atoms with Crippen molar-refractivity contribution in [2.75, 3.05) is 6.61 Å². The van der Waals surface area contributed by atoms with Crippen molar-refractivity contribution in [3.63, 3.8) is 0 Å². The van der Waals surface area contributed by atoms with Crippen LogP contribution in [0, 0.1) is 41.1 Å². The molecule has 32 heavy (non-hydrogen) atoms. The Morgan fingerprint density at radius 3 is 1.91 bits per heavy atom. The lowest BCUT2D eigenvalue weighted by Crippen LogP contribution is -1.93. The van der Waals surface area contributed by atoms with Crippen LogP contribution in [-0.2, 0) is 0 Å². The van der Waals surface area contributed by atoms with E-state index in [1.807, 2.05) is 13.0 Å². The molecule has 4 aromatic rings. The third-order valence-corrected chi connectivity index (χ3v) is 4.71. The van der Waals surface area contributed by atoms with E-state index in [0.29, 0.717) is 23.5 Å². The maximum absolute atomic E-state index is 14.5. The first-order chi connectivity index (χ1) is 15.5. The van der Waals surface area contributed by atoms with Crippen LogP contribution in [0.15, 0.2) is 72.8 Å². The molecule has 4 rings (SSSR count). The van der Waals surface area contributed by atoms with Gasteiger partial charge >= 0.3 is 0 Å². The number of rotatable bonds is 2. The molecule has 0 atom stereocenters. The summed E-state index contributed by atoms with van der Waals surface area (Å²) in [5.74, 6) is 10.3. The lowest BCUT2D eigenvalue weighted by Gasteiger charge is -2.03. The Bertz CT molecular complexity index is 1430. The van der Waals surface area contributed by atoms with Crippen LogP contribution in [-0.4, -0.2) is 6.61 Å². The minimum atomic E-state index is -0.515. The van der Waals surface area contributed by atoms with E-state index in [1.54, 1.807) is 30.3 Å². The van der Waals surface area contributed by atoms with Crippen LogP contribution in [0.2, 0.25) is 0 Å². The van der Waals surface area contributed by atoms with E-state index >= 15 is 0 Å². The molecule has 0 heterocycles. The van der Waals surface area contributed by atoms with E-state index in [4.69, 9.17) is 4.74 Å². The average Bonchev–Trinajstić information content (AvgIpc) is 2.78. The molecule has 0 N–H and O–H groups in total. The van der Waals surface area contributed by atoms with Gasteiger partial charge in [0.05, 0.1) is 17.7 Å². The third-order valence-electron chi connectivity index (χ3n) is 4.71. The van der Waals surface area contributed by atoms with Crippen molar-refractivity contribution in [2.45, 2.75) is 6.92 Å². The predicted octanol–water partition coefficient (Wildman–Crippen LogP) is 6.46. The molecule has 0 aliphatic rings. The van der Waals surface area contributed by atoms with E-state index in [0.717, 1.165) is 10.8 Å². The van der Waals surface area contributed by atoms with E-state index in [9.17, 15) is 13.2 Å². The molecule has 0 aliphatic heterocycles. The van der Waals surface area contributed by atoms with Crippen molar-refractivity contribution in [3.05, 3.63) is 113 Å². The molecule has 0 aromatic heterocycles. The summed E-state index contributed by atoms with van der Waals surface area (Å²) in [5.41, 5.74) is 1.53. The van der Waals surface area contributed by atoms with Crippen LogP contribution in [0.5, 0.6) is 5.75 Å². The number of hydrogen-bond donors (Lipinski definition) is 0. The number of halogens is 3. The Morgan fingerprint density at radius 1 is 0.625 bits per heavy atom. The van der Waals surface area contributed by atoms with Gasteiger partial charge in [0.25, 0.3) is 0 Å². The van der Waals surface area contributed by atoms with Gasteiger partial charge in [0.2, 0.25) is 0 Å². The fourth-order valence-electron chi connectivity index (χ4n) is 3.12. The quantitative estimate of drug-likeness (QED) is 0.335. The number of fused-ring (bicyclic) bond motifs is 1. The fraction of sp³-hybridized carbons (Fsp3) is 0.0714. The molecule has 0 unspecified atom stereocenters. The zero-order valence-electron chi connectivity index (χ0n) is 17.2. The summed E-state index contributed by atoms with van der Waals surface area (Å²) in [5, 5.41) is 1.62. The second-order valence-electron chi connectivity index (χ2n) is 6.98. The molecule has 156 valence electrons. The smallest absolute Gasteiger partial charge is 0.142 e. The van der Waals surface area contributed by atoms with Crippen molar-refractivity contribution in [1.29, 1.82) is 0 Å². The van der Waals surface area contributed by atoms with Crippen molar-refractivity contribution in [2.24, 2.45) is 0 Å². The molecular formula is C28H17F3O. The highest BCUT2D eigenvalue weighted by molar-refractivity contribution is 5.84. The summed E-state index contributed by atoms with van der Waals surface area (Å²) < 4.78 is 47.1. The first-order valence-electron chi connectivity index (χ1n) is 9.97. The number of benzene rings is 4.